The Kier molecular flexibility index (Phi) is 2.46. The fraction of sp³-hybridized carbons (Fsp3) is 0.308. The monoisotopic (exact) mass is 229 g/mol. The van der Waals surface area contributed by atoms with E-state index in [4.69, 9.17) is 10.5 Å². The lowest BCUT2D eigenvalue weighted by atomic mass is 10.1. The topological polar surface area (TPSA) is 63.9 Å². The number of hydrogen-bond donors (Lipinski definition) is 2. The average Bonchev–Trinajstić information content (AvgIpc) is 2.92. The van der Waals surface area contributed by atoms with Gasteiger partial charge in [0.25, 0.3) is 0 Å². The first-order valence-electron chi connectivity index (χ1n) is 5.76. The summed E-state index contributed by atoms with van der Waals surface area (Å²) < 4.78 is 5.47. The number of fused-ring (bicyclic) bond motifs is 1. The van der Waals surface area contributed by atoms with Crippen molar-refractivity contribution in [3.05, 3.63) is 53.1 Å². The molecule has 0 spiro atoms. The molecule has 0 bridgehead atoms. The van der Waals surface area contributed by atoms with Crippen LogP contribution in [0.25, 0.3) is 0 Å². The zero-order valence-corrected chi connectivity index (χ0v) is 9.68. The molecule has 0 aliphatic carbocycles. The van der Waals surface area contributed by atoms with Gasteiger partial charge in [0.2, 0.25) is 0 Å². The number of benzene rings is 1. The number of H-pyrrole nitrogens is 1. The molecule has 4 nitrogen and oxygen atoms in total. The van der Waals surface area contributed by atoms with Gasteiger partial charge in [-0.3, -0.25) is 0 Å². The minimum atomic E-state index is -0.200. The lowest BCUT2D eigenvalue weighted by molar-refractivity contribution is 0.0757. The SMILES string of the molecule is CC1OCc2[nH]c([C@@H](N)c3ccccc3)nc21. The summed E-state index contributed by atoms with van der Waals surface area (Å²) in [5.74, 6) is 0.816. The fourth-order valence-electron chi connectivity index (χ4n) is 2.14. The van der Waals surface area contributed by atoms with E-state index in [1.807, 2.05) is 37.3 Å². The Balaban J connectivity index is 1.93. The minimum absolute atomic E-state index is 0.0676. The smallest absolute Gasteiger partial charge is 0.128 e. The Morgan fingerprint density at radius 2 is 2.18 bits per heavy atom. The highest BCUT2D eigenvalue weighted by atomic mass is 16.5. The van der Waals surface area contributed by atoms with Gasteiger partial charge in [-0.05, 0) is 12.5 Å². The van der Waals surface area contributed by atoms with Gasteiger partial charge in [0, 0.05) is 0 Å². The van der Waals surface area contributed by atoms with E-state index in [0.29, 0.717) is 6.61 Å². The molecule has 2 heterocycles. The van der Waals surface area contributed by atoms with Crippen molar-refractivity contribution in [3.63, 3.8) is 0 Å². The van der Waals surface area contributed by atoms with Gasteiger partial charge in [0.05, 0.1) is 30.1 Å². The lowest BCUT2D eigenvalue weighted by Gasteiger charge is -2.09. The summed E-state index contributed by atoms with van der Waals surface area (Å²) in [4.78, 5) is 7.80. The van der Waals surface area contributed by atoms with Crippen molar-refractivity contribution in [2.45, 2.75) is 25.7 Å². The van der Waals surface area contributed by atoms with Crippen molar-refractivity contribution in [1.82, 2.24) is 9.97 Å². The summed E-state index contributed by atoms with van der Waals surface area (Å²) in [6.07, 6.45) is 0.0676. The Morgan fingerprint density at radius 3 is 2.88 bits per heavy atom. The maximum Gasteiger partial charge on any atom is 0.128 e. The van der Waals surface area contributed by atoms with Gasteiger partial charge in [0.1, 0.15) is 5.82 Å². The Morgan fingerprint density at radius 1 is 1.41 bits per heavy atom. The molecule has 0 saturated carbocycles. The molecule has 3 rings (SSSR count). The summed E-state index contributed by atoms with van der Waals surface area (Å²) in [5, 5.41) is 0. The van der Waals surface area contributed by atoms with Crippen LogP contribution in [0, 0.1) is 0 Å². The van der Waals surface area contributed by atoms with Crippen LogP contribution >= 0.6 is 0 Å². The first kappa shape index (κ1) is 10.5. The third-order valence-electron chi connectivity index (χ3n) is 3.15. The second-order valence-corrected chi connectivity index (χ2v) is 4.33. The van der Waals surface area contributed by atoms with Gasteiger partial charge in [-0.2, -0.15) is 0 Å². The highest BCUT2D eigenvalue weighted by Crippen LogP contribution is 2.29. The van der Waals surface area contributed by atoms with Crippen molar-refractivity contribution >= 4 is 0 Å². The largest absolute Gasteiger partial charge is 0.366 e. The molecular formula is C13H15N3O. The van der Waals surface area contributed by atoms with Crippen LogP contribution in [0.4, 0.5) is 0 Å². The summed E-state index contributed by atoms with van der Waals surface area (Å²) in [7, 11) is 0. The minimum Gasteiger partial charge on any atom is -0.366 e. The second kappa shape index (κ2) is 3.98. The lowest BCUT2D eigenvalue weighted by Crippen LogP contribution is -2.14. The van der Waals surface area contributed by atoms with Gasteiger partial charge in [-0.25, -0.2) is 4.98 Å². The van der Waals surface area contributed by atoms with E-state index in [1.165, 1.54) is 0 Å². The molecule has 1 aromatic heterocycles. The first-order chi connectivity index (χ1) is 8.25. The number of aromatic amines is 1. The average molecular weight is 229 g/mol. The van der Waals surface area contributed by atoms with Gasteiger partial charge < -0.3 is 15.5 Å². The molecule has 0 radical (unpaired) electrons. The Bertz CT molecular complexity index is 521. The summed E-state index contributed by atoms with van der Waals surface area (Å²) >= 11 is 0. The van der Waals surface area contributed by atoms with Crippen molar-refractivity contribution in [1.29, 1.82) is 0 Å². The molecule has 2 aromatic rings. The van der Waals surface area contributed by atoms with Gasteiger partial charge in [-0.1, -0.05) is 30.3 Å². The zero-order chi connectivity index (χ0) is 11.8. The van der Waals surface area contributed by atoms with Crippen LogP contribution in [0.2, 0.25) is 0 Å². The van der Waals surface area contributed by atoms with E-state index in [9.17, 15) is 0 Å². The molecule has 0 fully saturated rings. The van der Waals surface area contributed by atoms with E-state index in [2.05, 4.69) is 9.97 Å². The van der Waals surface area contributed by atoms with Gasteiger partial charge in [-0.15, -0.1) is 0 Å². The molecule has 1 aliphatic heterocycles. The predicted molar refractivity (Wildman–Crippen MR) is 64.3 cm³/mol. The molecule has 2 atom stereocenters. The van der Waals surface area contributed by atoms with Crippen molar-refractivity contribution in [2.24, 2.45) is 5.73 Å². The third-order valence-corrected chi connectivity index (χ3v) is 3.15. The normalized spacial score (nSPS) is 20.2. The quantitative estimate of drug-likeness (QED) is 0.828. The van der Waals surface area contributed by atoms with Crippen LogP contribution in [0.3, 0.4) is 0 Å². The number of imidazole rings is 1. The van der Waals surface area contributed by atoms with Crippen molar-refractivity contribution in [3.8, 4) is 0 Å². The van der Waals surface area contributed by atoms with Crippen LogP contribution in [0.15, 0.2) is 30.3 Å². The molecule has 1 aliphatic rings. The second-order valence-electron chi connectivity index (χ2n) is 4.33. The summed E-state index contributed by atoms with van der Waals surface area (Å²) in [5.41, 5.74) is 9.30. The van der Waals surface area contributed by atoms with Crippen molar-refractivity contribution in [2.75, 3.05) is 0 Å². The number of aromatic nitrogens is 2. The molecule has 1 unspecified atom stereocenters. The molecular weight excluding hydrogens is 214 g/mol. The number of ether oxygens (including phenoxy) is 1. The molecule has 17 heavy (non-hydrogen) atoms. The number of nitrogens with two attached hydrogens (primary N) is 1. The van der Waals surface area contributed by atoms with Crippen LogP contribution in [-0.4, -0.2) is 9.97 Å². The number of rotatable bonds is 2. The number of nitrogens with zero attached hydrogens (tertiary/aromatic N) is 1. The van der Waals surface area contributed by atoms with Gasteiger partial charge in [0.15, 0.2) is 0 Å². The van der Waals surface area contributed by atoms with Crippen LogP contribution in [-0.2, 0) is 11.3 Å². The highest BCUT2D eigenvalue weighted by Gasteiger charge is 2.25. The van der Waals surface area contributed by atoms with E-state index >= 15 is 0 Å². The maximum atomic E-state index is 6.19. The zero-order valence-electron chi connectivity index (χ0n) is 9.68. The third kappa shape index (κ3) is 1.75. The Hall–Kier alpha value is -1.65. The van der Waals surface area contributed by atoms with Crippen molar-refractivity contribution < 1.29 is 4.74 Å². The predicted octanol–water partition coefficient (Wildman–Crippen LogP) is 2.05. The Labute approximate surface area is 99.8 Å². The van der Waals surface area contributed by atoms with Crippen LogP contribution < -0.4 is 5.73 Å². The number of hydrogen-bond acceptors (Lipinski definition) is 3. The van der Waals surface area contributed by atoms with E-state index in [1.54, 1.807) is 0 Å². The standard InChI is InChI=1S/C13H15N3O/c1-8-12-10(7-17-8)15-13(16-12)11(14)9-5-3-2-4-6-9/h2-6,8,11H,7,14H2,1H3,(H,15,16)/t8?,11-/m0/s1. The fourth-order valence-corrected chi connectivity index (χ4v) is 2.14. The highest BCUT2D eigenvalue weighted by molar-refractivity contribution is 5.28. The van der Waals surface area contributed by atoms with Crippen LogP contribution in [0.5, 0.6) is 0 Å². The van der Waals surface area contributed by atoms with E-state index in [0.717, 1.165) is 22.8 Å². The summed E-state index contributed by atoms with van der Waals surface area (Å²) in [6, 6.07) is 9.77. The molecule has 4 heteroatoms. The maximum absolute atomic E-state index is 6.19. The molecule has 88 valence electrons. The van der Waals surface area contributed by atoms with E-state index < -0.39 is 0 Å². The molecule has 0 amide bonds. The molecule has 3 N–H and O–H groups in total. The molecule has 0 saturated heterocycles. The molecule has 1 aromatic carbocycles. The van der Waals surface area contributed by atoms with Gasteiger partial charge >= 0.3 is 0 Å². The first-order valence-corrected chi connectivity index (χ1v) is 5.76. The number of nitrogens with one attached hydrogen (secondary N) is 1. The summed E-state index contributed by atoms with van der Waals surface area (Å²) in [6.45, 7) is 2.61. The van der Waals surface area contributed by atoms with E-state index in [-0.39, 0.29) is 12.1 Å². The van der Waals surface area contributed by atoms with Crippen LogP contribution in [0.1, 0.15) is 41.8 Å².